The van der Waals surface area contributed by atoms with Crippen molar-refractivity contribution in [1.29, 1.82) is 0 Å². The van der Waals surface area contributed by atoms with Gasteiger partial charge < -0.3 is 5.73 Å². The SMILES string of the molecule is NCC1CCN(C2C3CCCCC32)C1. The lowest BCUT2D eigenvalue weighted by Crippen LogP contribution is -2.27. The van der Waals surface area contributed by atoms with Crippen LogP contribution in [0.1, 0.15) is 32.1 Å². The molecule has 0 spiro atoms. The molecule has 1 aliphatic heterocycles. The first-order valence-corrected chi connectivity index (χ1v) is 6.34. The van der Waals surface area contributed by atoms with Crippen molar-refractivity contribution in [3.8, 4) is 0 Å². The summed E-state index contributed by atoms with van der Waals surface area (Å²) in [6, 6.07) is 0.981. The Morgan fingerprint density at radius 2 is 1.79 bits per heavy atom. The third-order valence-corrected chi connectivity index (χ3v) is 4.68. The third-order valence-electron chi connectivity index (χ3n) is 4.68. The van der Waals surface area contributed by atoms with Gasteiger partial charge in [-0.1, -0.05) is 12.8 Å². The molecular formula is C12H22N2. The number of rotatable bonds is 2. The molecule has 0 aromatic rings. The Hall–Kier alpha value is -0.0800. The molecule has 2 aliphatic carbocycles. The van der Waals surface area contributed by atoms with Crippen molar-refractivity contribution in [2.24, 2.45) is 23.5 Å². The highest BCUT2D eigenvalue weighted by atomic mass is 15.2. The van der Waals surface area contributed by atoms with Gasteiger partial charge in [-0.2, -0.15) is 0 Å². The first-order chi connectivity index (χ1) is 6.90. The van der Waals surface area contributed by atoms with Gasteiger partial charge >= 0.3 is 0 Å². The van der Waals surface area contributed by atoms with Gasteiger partial charge in [0.2, 0.25) is 0 Å². The lowest BCUT2D eigenvalue weighted by molar-refractivity contribution is 0.291. The van der Waals surface area contributed by atoms with Crippen LogP contribution in [0.4, 0.5) is 0 Å². The number of likely N-dealkylation sites (tertiary alicyclic amines) is 1. The standard InChI is InChI=1S/C12H22N2/c13-7-9-5-6-14(8-9)12-10-3-1-2-4-11(10)12/h9-12H,1-8,13H2. The Labute approximate surface area is 86.8 Å². The van der Waals surface area contributed by atoms with Crippen LogP contribution in [0.3, 0.4) is 0 Å². The van der Waals surface area contributed by atoms with E-state index >= 15 is 0 Å². The van der Waals surface area contributed by atoms with Gasteiger partial charge in [-0.25, -0.2) is 0 Å². The van der Waals surface area contributed by atoms with Crippen molar-refractivity contribution in [1.82, 2.24) is 4.90 Å². The van der Waals surface area contributed by atoms with Gasteiger partial charge in [0.1, 0.15) is 0 Å². The molecule has 2 saturated carbocycles. The lowest BCUT2D eigenvalue weighted by atomic mass is 10.0. The average Bonchev–Trinajstić information content (AvgIpc) is 2.77. The molecule has 0 aromatic carbocycles. The van der Waals surface area contributed by atoms with Crippen molar-refractivity contribution in [2.75, 3.05) is 19.6 Å². The van der Waals surface area contributed by atoms with E-state index in [0.717, 1.165) is 30.3 Å². The summed E-state index contributed by atoms with van der Waals surface area (Å²) in [5.41, 5.74) is 5.74. The summed E-state index contributed by atoms with van der Waals surface area (Å²) in [6.45, 7) is 3.53. The van der Waals surface area contributed by atoms with Crippen LogP contribution < -0.4 is 5.73 Å². The molecule has 3 aliphatic rings. The first kappa shape index (κ1) is 9.17. The maximum Gasteiger partial charge on any atom is 0.0158 e. The molecule has 80 valence electrons. The highest BCUT2D eigenvalue weighted by molar-refractivity contribution is 5.07. The molecule has 1 heterocycles. The Bertz CT molecular complexity index is 204. The molecule has 0 radical (unpaired) electrons. The highest BCUT2D eigenvalue weighted by Crippen LogP contribution is 2.53. The predicted molar refractivity (Wildman–Crippen MR) is 58.0 cm³/mol. The second-order valence-electron chi connectivity index (χ2n) is 5.49. The van der Waals surface area contributed by atoms with E-state index in [2.05, 4.69) is 4.90 Å². The van der Waals surface area contributed by atoms with Gasteiger partial charge in [0.05, 0.1) is 0 Å². The molecule has 3 rings (SSSR count). The Balaban J connectivity index is 1.58. The van der Waals surface area contributed by atoms with Crippen LogP contribution in [-0.4, -0.2) is 30.6 Å². The molecule has 0 amide bonds. The summed E-state index contributed by atoms with van der Waals surface area (Å²) < 4.78 is 0. The van der Waals surface area contributed by atoms with E-state index in [1.54, 1.807) is 0 Å². The number of hydrogen-bond acceptors (Lipinski definition) is 2. The average molecular weight is 194 g/mol. The topological polar surface area (TPSA) is 29.3 Å². The van der Waals surface area contributed by atoms with E-state index in [1.807, 2.05) is 0 Å². The second-order valence-corrected chi connectivity index (χ2v) is 5.49. The predicted octanol–water partition coefficient (Wildman–Crippen LogP) is 1.46. The van der Waals surface area contributed by atoms with Crippen molar-refractivity contribution in [3.05, 3.63) is 0 Å². The summed E-state index contributed by atoms with van der Waals surface area (Å²) in [4.78, 5) is 2.75. The van der Waals surface area contributed by atoms with Crippen molar-refractivity contribution in [3.63, 3.8) is 0 Å². The van der Waals surface area contributed by atoms with Crippen molar-refractivity contribution < 1.29 is 0 Å². The quantitative estimate of drug-likeness (QED) is 0.721. The molecule has 3 atom stereocenters. The molecular weight excluding hydrogens is 172 g/mol. The van der Waals surface area contributed by atoms with Crippen LogP contribution in [-0.2, 0) is 0 Å². The van der Waals surface area contributed by atoms with Gasteiger partial charge in [-0.05, 0) is 50.1 Å². The van der Waals surface area contributed by atoms with Crippen LogP contribution in [0.5, 0.6) is 0 Å². The molecule has 2 heteroatoms. The fourth-order valence-corrected chi connectivity index (χ4v) is 3.82. The summed E-state index contributed by atoms with van der Waals surface area (Å²) in [5.74, 6) is 2.97. The number of nitrogens with two attached hydrogens (primary N) is 1. The Kier molecular flexibility index (Phi) is 2.29. The maximum atomic E-state index is 5.74. The minimum absolute atomic E-state index is 0.803. The monoisotopic (exact) mass is 194 g/mol. The zero-order valence-electron chi connectivity index (χ0n) is 8.99. The minimum atomic E-state index is 0.803. The van der Waals surface area contributed by atoms with E-state index < -0.39 is 0 Å². The molecule has 1 saturated heterocycles. The van der Waals surface area contributed by atoms with Crippen LogP contribution in [0, 0.1) is 17.8 Å². The van der Waals surface area contributed by atoms with E-state index in [1.165, 1.54) is 45.2 Å². The lowest BCUT2D eigenvalue weighted by Gasteiger charge is -2.15. The van der Waals surface area contributed by atoms with Gasteiger partial charge in [-0.15, -0.1) is 0 Å². The third kappa shape index (κ3) is 1.40. The molecule has 0 aromatic heterocycles. The maximum absolute atomic E-state index is 5.74. The first-order valence-electron chi connectivity index (χ1n) is 6.34. The minimum Gasteiger partial charge on any atom is -0.330 e. The van der Waals surface area contributed by atoms with Gasteiger partial charge in [0.25, 0.3) is 0 Å². The number of hydrogen-bond donors (Lipinski definition) is 1. The van der Waals surface area contributed by atoms with E-state index in [0.29, 0.717) is 0 Å². The Morgan fingerprint density at radius 1 is 1.07 bits per heavy atom. The number of nitrogens with zero attached hydrogens (tertiary/aromatic N) is 1. The van der Waals surface area contributed by atoms with Crippen LogP contribution in [0.2, 0.25) is 0 Å². The van der Waals surface area contributed by atoms with Crippen LogP contribution in [0.25, 0.3) is 0 Å². The summed E-state index contributed by atoms with van der Waals surface area (Å²) in [6.07, 6.45) is 7.36. The van der Waals surface area contributed by atoms with Gasteiger partial charge in [-0.3, -0.25) is 4.90 Å². The second kappa shape index (κ2) is 3.49. The smallest absolute Gasteiger partial charge is 0.0158 e. The fourth-order valence-electron chi connectivity index (χ4n) is 3.82. The zero-order valence-corrected chi connectivity index (χ0v) is 8.99. The molecule has 3 unspecified atom stereocenters. The Morgan fingerprint density at radius 3 is 2.36 bits per heavy atom. The summed E-state index contributed by atoms with van der Waals surface area (Å²) >= 11 is 0. The zero-order chi connectivity index (χ0) is 9.54. The summed E-state index contributed by atoms with van der Waals surface area (Å²) in [7, 11) is 0. The normalized spacial score (nSPS) is 47.8. The largest absolute Gasteiger partial charge is 0.330 e. The highest BCUT2D eigenvalue weighted by Gasteiger charge is 2.54. The van der Waals surface area contributed by atoms with Crippen LogP contribution >= 0.6 is 0 Å². The van der Waals surface area contributed by atoms with Gasteiger partial charge in [0, 0.05) is 12.6 Å². The number of fused-ring (bicyclic) bond motifs is 1. The molecule has 0 bridgehead atoms. The molecule has 14 heavy (non-hydrogen) atoms. The van der Waals surface area contributed by atoms with E-state index in [4.69, 9.17) is 5.73 Å². The van der Waals surface area contributed by atoms with E-state index in [-0.39, 0.29) is 0 Å². The van der Waals surface area contributed by atoms with Crippen molar-refractivity contribution in [2.45, 2.75) is 38.1 Å². The van der Waals surface area contributed by atoms with Gasteiger partial charge in [0.15, 0.2) is 0 Å². The fraction of sp³-hybridized carbons (Fsp3) is 1.00. The molecule has 2 N–H and O–H groups in total. The van der Waals surface area contributed by atoms with Crippen LogP contribution in [0.15, 0.2) is 0 Å². The summed E-state index contributed by atoms with van der Waals surface area (Å²) in [5, 5.41) is 0. The van der Waals surface area contributed by atoms with E-state index in [9.17, 15) is 0 Å². The molecule has 3 fully saturated rings. The van der Waals surface area contributed by atoms with Crippen molar-refractivity contribution >= 4 is 0 Å². The molecule has 2 nitrogen and oxygen atoms in total.